The molecule has 1 aromatic rings. The number of halogens is 1. The van der Waals surface area contributed by atoms with Gasteiger partial charge < -0.3 is 15.2 Å². The highest BCUT2D eigenvalue weighted by Crippen LogP contribution is 2.39. The summed E-state index contributed by atoms with van der Waals surface area (Å²) in [5.74, 6) is 1.44. The topological polar surface area (TPSA) is 44.5 Å². The van der Waals surface area contributed by atoms with Gasteiger partial charge in [0.2, 0.25) is 0 Å². The summed E-state index contributed by atoms with van der Waals surface area (Å²) in [6.07, 6.45) is 0.631. The highest BCUT2D eigenvalue weighted by molar-refractivity contribution is 6.33. The van der Waals surface area contributed by atoms with Crippen LogP contribution in [0.3, 0.4) is 0 Å². The van der Waals surface area contributed by atoms with Gasteiger partial charge in [-0.2, -0.15) is 0 Å². The highest BCUT2D eigenvalue weighted by atomic mass is 35.5. The minimum atomic E-state index is -0.350. The van der Waals surface area contributed by atoms with Gasteiger partial charge in [-0.1, -0.05) is 11.6 Å². The van der Waals surface area contributed by atoms with Crippen LogP contribution < -0.4 is 15.2 Å². The van der Waals surface area contributed by atoms with Crippen LogP contribution >= 0.6 is 11.6 Å². The zero-order valence-corrected chi connectivity index (χ0v) is 11.8. The minimum absolute atomic E-state index is 0.350. The van der Waals surface area contributed by atoms with Crippen LogP contribution in [0.4, 0.5) is 0 Å². The molecule has 2 N–H and O–H groups in total. The molecular weight excluding hydrogens is 238 g/mol. The molecule has 0 fully saturated rings. The SMILES string of the molecule is COc1cc(C)c(OC)c(Cl)c1CC(C)(C)N. The smallest absolute Gasteiger partial charge is 0.140 e. The Morgan fingerprint density at radius 2 is 1.88 bits per heavy atom. The average molecular weight is 258 g/mol. The third-order valence-electron chi connectivity index (χ3n) is 2.52. The molecule has 0 aromatic heterocycles. The van der Waals surface area contributed by atoms with E-state index in [-0.39, 0.29) is 5.54 Å². The van der Waals surface area contributed by atoms with Gasteiger partial charge in [-0.3, -0.25) is 0 Å². The van der Waals surface area contributed by atoms with E-state index in [1.807, 2.05) is 26.8 Å². The number of rotatable bonds is 4. The molecule has 0 saturated carbocycles. The number of nitrogens with two attached hydrogens (primary N) is 1. The minimum Gasteiger partial charge on any atom is -0.496 e. The Hall–Kier alpha value is -0.930. The number of aryl methyl sites for hydroxylation is 1. The number of ether oxygens (including phenoxy) is 2. The average Bonchev–Trinajstić information content (AvgIpc) is 2.21. The van der Waals surface area contributed by atoms with Gasteiger partial charge in [-0.25, -0.2) is 0 Å². The summed E-state index contributed by atoms with van der Waals surface area (Å²) in [7, 11) is 3.24. The Morgan fingerprint density at radius 1 is 1.29 bits per heavy atom. The van der Waals surface area contributed by atoms with Crippen molar-refractivity contribution in [3.05, 3.63) is 22.2 Å². The van der Waals surface area contributed by atoms with Crippen LogP contribution in [-0.4, -0.2) is 19.8 Å². The molecule has 0 heterocycles. The molecule has 0 aliphatic heterocycles. The molecule has 0 spiro atoms. The molecular formula is C13H20ClNO2. The molecule has 0 amide bonds. The first-order valence-electron chi connectivity index (χ1n) is 5.49. The molecule has 0 radical (unpaired) electrons. The Morgan fingerprint density at radius 3 is 2.29 bits per heavy atom. The standard InChI is InChI=1S/C13H20ClNO2/c1-8-6-10(16-4)9(7-13(2,3)15)11(14)12(8)17-5/h6H,7,15H2,1-5H3. The predicted octanol–water partition coefficient (Wildman–Crippen LogP) is 2.95. The summed E-state index contributed by atoms with van der Waals surface area (Å²) in [5, 5.41) is 0.586. The molecule has 0 atom stereocenters. The fourth-order valence-electron chi connectivity index (χ4n) is 1.82. The second-order valence-corrected chi connectivity index (χ2v) is 5.26. The van der Waals surface area contributed by atoms with Gasteiger partial charge in [-0.05, 0) is 38.8 Å². The Balaban J connectivity index is 3.35. The largest absolute Gasteiger partial charge is 0.496 e. The van der Waals surface area contributed by atoms with E-state index in [1.165, 1.54) is 0 Å². The molecule has 0 unspecified atom stereocenters. The van der Waals surface area contributed by atoms with E-state index < -0.39 is 0 Å². The van der Waals surface area contributed by atoms with Gasteiger partial charge >= 0.3 is 0 Å². The second-order valence-electron chi connectivity index (χ2n) is 4.89. The Labute approximate surface area is 108 Å². The summed E-state index contributed by atoms with van der Waals surface area (Å²) < 4.78 is 10.7. The van der Waals surface area contributed by atoms with Crippen molar-refractivity contribution in [2.75, 3.05) is 14.2 Å². The number of hydrogen-bond acceptors (Lipinski definition) is 3. The van der Waals surface area contributed by atoms with E-state index in [2.05, 4.69) is 0 Å². The van der Waals surface area contributed by atoms with Gasteiger partial charge in [0, 0.05) is 11.1 Å². The van der Waals surface area contributed by atoms with E-state index in [9.17, 15) is 0 Å². The van der Waals surface area contributed by atoms with Gasteiger partial charge in [-0.15, -0.1) is 0 Å². The Kier molecular flexibility index (Phi) is 4.28. The van der Waals surface area contributed by atoms with Crippen molar-refractivity contribution in [2.24, 2.45) is 5.73 Å². The van der Waals surface area contributed by atoms with Crippen molar-refractivity contribution in [1.82, 2.24) is 0 Å². The molecule has 0 saturated heterocycles. The molecule has 4 heteroatoms. The van der Waals surface area contributed by atoms with Gasteiger partial charge in [0.1, 0.15) is 11.5 Å². The second kappa shape index (κ2) is 5.15. The number of methoxy groups -OCH3 is 2. The number of benzene rings is 1. The van der Waals surface area contributed by atoms with Crippen LogP contribution in [0, 0.1) is 6.92 Å². The lowest BCUT2D eigenvalue weighted by Crippen LogP contribution is -2.34. The van der Waals surface area contributed by atoms with Crippen molar-refractivity contribution in [3.63, 3.8) is 0 Å². The van der Waals surface area contributed by atoms with Crippen molar-refractivity contribution < 1.29 is 9.47 Å². The fraction of sp³-hybridized carbons (Fsp3) is 0.538. The molecule has 1 rings (SSSR count). The van der Waals surface area contributed by atoms with Crippen molar-refractivity contribution in [1.29, 1.82) is 0 Å². The molecule has 0 bridgehead atoms. The predicted molar refractivity (Wildman–Crippen MR) is 71.3 cm³/mol. The molecule has 0 aliphatic carbocycles. The van der Waals surface area contributed by atoms with Gasteiger partial charge in [0.15, 0.2) is 0 Å². The van der Waals surface area contributed by atoms with Crippen molar-refractivity contribution in [3.8, 4) is 11.5 Å². The maximum atomic E-state index is 6.34. The lowest BCUT2D eigenvalue weighted by molar-refractivity contribution is 0.391. The fourth-order valence-corrected chi connectivity index (χ4v) is 2.21. The van der Waals surface area contributed by atoms with Crippen LogP contribution in [0.5, 0.6) is 11.5 Å². The van der Waals surface area contributed by atoms with Gasteiger partial charge in [0.25, 0.3) is 0 Å². The molecule has 3 nitrogen and oxygen atoms in total. The first kappa shape index (κ1) is 14.1. The van der Waals surface area contributed by atoms with Crippen molar-refractivity contribution in [2.45, 2.75) is 32.7 Å². The summed E-state index contributed by atoms with van der Waals surface area (Å²) in [4.78, 5) is 0. The summed E-state index contributed by atoms with van der Waals surface area (Å²) >= 11 is 6.34. The van der Waals surface area contributed by atoms with Crippen molar-refractivity contribution >= 4 is 11.6 Å². The lowest BCUT2D eigenvalue weighted by atomic mass is 9.94. The third-order valence-corrected chi connectivity index (χ3v) is 2.92. The zero-order chi connectivity index (χ0) is 13.2. The Bertz CT molecular complexity index is 411. The summed E-state index contributed by atoms with van der Waals surface area (Å²) in [5.41, 5.74) is 7.53. The number of hydrogen-bond donors (Lipinski definition) is 1. The molecule has 96 valence electrons. The monoisotopic (exact) mass is 257 g/mol. The quantitative estimate of drug-likeness (QED) is 0.902. The van der Waals surface area contributed by atoms with Gasteiger partial charge in [0.05, 0.1) is 19.2 Å². The van der Waals surface area contributed by atoms with E-state index in [1.54, 1.807) is 14.2 Å². The van der Waals surface area contributed by atoms with E-state index in [0.717, 1.165) is 16.9 Å². The third kappa shape index (κ3) is 3.27. The zero-order valence-electron chi connectivity index (χ0n) is 11.1. The van der Waals surface area contributed by atoms with E-state index in [0.29, 0.717) is 17.2 Å². The maximum Gasteiger partial charge on any atom is 0.140 e. The first-order chi connectivity index (χ1) is 7.80. The molecule has 0 aliphatic rings. The first-order valence-corrected chi connectivity index (χ1v) is 5.86. The molecule has 17 heavy (non-hydrogen) atoms. The van der Waals surface area contributed by atoms with Crippen LogP contribution in [-0.2, 0) is 6.42 Å². The highest BCUT2D eigenvalue weighted by Gasteiger charge is 2.21. The summed E-state index contributed by atoms with van der Waals surface area (Å²) in [6.45, 7) is 5.84. The van der Waals surface area contributed by atoms with Crippen LogP contribution in [0.2, 0.25) is 5.02 Å². The van der Waals surface area contributed by atoms with Crippen LogP contribution in [0.1, 0.15) is 25.0 Å². The van der Waals surface area contributed by atoms with Crippen LogP contribution in [0.25, 0.3) is 0 Å². The van der Waals surface area contributed by atoms with Crippen LogP contribution in [0.15, 0.2) is 6.07 Å². The maximum absolute atomic E-state index is 6.34. The van der Waals surface area contributed by atoms with E-state index in [4.69, 9.17) is 26.8 Å². The van der Waals surface area contributed by atoms with E-state index >= 15 is 0 Å². The summed E-state index contributed by atoms with van der Waals surface area (Å²) in [6, 6.07) is 1.92. The lowest BCUT2D eigenvalue weighted by Gasteiger charge is -2.22. The molecule has 1 aromatic carbocycles. The normalized spacial score (nSPS) is 11.5.